The molecule has 9 heteroatoms. The summed E-state index contributed by atoms with van der Waals surface area (Å²) in [5, 5.41) is 0. The maximum Gasteiger partial charge on any atom is 0.250 e. The van der Waals surface area contributed by atoms with Gasteiger partial charge in [-0.2, -0.15) is 0 Å². The molecule has 0 aliphatic carbocycles. The van der Waals surface area contributed by atoms with Gasteiger partial charge in [0.15, 0.2) is 0 Å². The molecule has 0 bridgehead atoms. The summed E-state index contributed by atoms with van der Waals surface area (Å²) in [6.45, 7) is -0.0356. The number of primary amides is 1. The number of amides is 1. The molecule has 0 spiro atoms. The minimum Gasteiger partial charge on any atom is -0.370 e. The molecule has 1 aromatic heterocycles. The number of carbonyl (C=O) groups is 1. The van der Waals surface area contributed by atoms with Crippen LogP contribution >= 0.6 is 27.3 Å². The molecule has 96 valence electrons. The molecule has 1 amide bonds. The fourth-order valence-electron chi connectivity index (χ4n) is 0.934. The maximum absolute atomic E-state index is 11.7. The predicted molar refractivity (Wildman–Crippen MR) is 67.2 cm³/mol. The monoisotopic (exact) mass is 342 g/mol. The third-order valence-electron chi connectivity index (χ3n) is 1.60. The van der Waals surface area contributed by atoms with Crippen LogP contribution in [0.1, 0.15) is 0 Å². The summed E-state index contributed by atoms with van der Waals surface area (Å²) in [6.07, 6.45) is 0. The van der Waals surface area contributed by atoms with Crippen LogP contribution in [-0.4, -0.2) is 34.1 Å². The molecule has 0 aliphatic heterocycles. The van der Waals surface area contributed by atoms with Crippen molar-refractivity contribution in [2.24, 2.45) is 5.73 Å². The van der Waals surface area contributed by atoms with E-state index in [-0.39, 0.29) is 24.0 Å². The number of carbonyl (C=O) groups excluding carboxylic acids is 1. The Hall–Kier alpha value is -0.480. The van der Waals surface area contributed by atoms with Crippen molar-refractivity contribution in [1.82, 2.24) is 4.72 Å². The Bertz CT molecular complexity index is 485. The van der Waals surface area contributed by atoms with Gasteiger partial charge in [0.25, 0.3) is 0 Å². The second-order valence-electron chi connectivity index (χ2n) is 2.98. The highest BCUT2D eigenvalue weighted by Crippen LogP contribution is 2.25. The second-order valence-corrected chi connectivity index (χ2v) is 7.43. The van der Waals surface area contributed by atoms with Crippen LogP contribution in [0.3, 0.4) is 0 Å². The molecule has 0 radical (unpaired) electrons. The van der Waals surface area contributed by atoms with Crippen molar-refractivity contribution in [2.75, 3.05) is 19.8 Å². The highest BCUT2D eigenvalue weighted by molar-refractivity contribution is 9.11. The van der Waals surface area contributed by atoms with Crippen molar-refractivity contribution in [3.8, 4) is 0 Å². The van der Waals surface area contributed by atoms with Gasteiger partial charge < -0.3 is 10.5 Å². The van der Waals surface area contributed by atoms with Crippen molar-refractivity contribution in [1.29, 1.82) is 0 Å². The lowest BCUT2D eigenvalue weighted by Crippen LogP contribution is -2.28. The van der Waals surface area contributed by atoms with Gasteiger partial charge in [0.1, 0.15) is 10.8 Å². The van der Waals surface area contributed by atoms with Gasteiger partial charge in [-0.15, -0.1) is 11.3 Å². The zero-order valence-corrected chi connectivity index (χ0v) is 11.9. The van der Waals surface area contributed by atoms with E-state index in [1.165, 1.54) is 6.07 Å². The molecule has 0 saturated carbocycles. The number of nitrogens with two attached hydrogens (primary N) is 1. The standard InChI is InChI=1S/C8H11BrN2O4S2/c9-6-1-2-8(16-6)17(13,14)11-3-4-15-5-7(10)12/h1-2,11H,3-5H2,(H2,10,12). The molecular formula is C8H11BrN2O4S2. The van der Waals surface area contributed by atoms with Crippen molar-refractivity contribution in [2.45, 2.75) is 4.21 Å². The van der Waals surface area contributed by atoms with E-state index in [2.05, 4.69) is 20.7 Å². The van der Waals surface area contributed by atoms with Gasteiger partial charge in [-0.25, -0.2) is 13.1 Å². The molecule has 0 atom stereocenters. The first-order valence-electron chi connectivity index (χ1n) is 4.53. The number of hydrogen-bond donors (Lipinski definition) is 2. The quantitative estimate of drug-likeness (QED) is 0.695. The number of ether oxygens (including phenoxy) is 1. The number of halogens is 1. The Labute approximate surface area is 111 Å². The Balaban J connectivity index is 2.38. The summed E-state index contributed by atoms with van der Waals surface area (Å²) in [4.78, 5) is 10.3. The first kappa shape index (κ1) is 14.6. The van der Waals surface area contributed by atoms with Gasteiger partial charge in [-0.3, -0.25) is 4.79 Å². The Kier molecular flexibility index (Phi) is 5.53. The summed E-state index contributed by atoms with van der Waals surface area (Å²) in [7, 11) is -3.50. The molecule has 17 heavy (non-hydrogen) atoms. The maximum atomic E-state index is 11.7. The van der Waals surface area contributed by atoms with E-state index in [0.29, 0.717) is 0 Å². The van der Waals surface area contributed by atoms with Crippen molar-refractivity contribution >= 4 is 43.2 Å². The molecule has 3 N–H and O–H groups in total. The van der Waals surface area contributed by atoms with E-state index < -0.39 is 15.9 Å². The summed E-state index contributed by atoms with van der Waals surface area (Å²) >= 11 is 4.30. The lowest BCUT2D eigenvalue weighted by Gasteiger charge is -2.04. The summed E-state index contributed by atoms with van der Waals surface area (Å²) in [6, 6.07) is 3.16. The predicted octanol–water partition coefficient (Wildman–Crippen LogP) is 0.291. The van der Waals surface area contributed by atoms with Crippen LogP contribution < -0.4 is 10.5 Å². The molecule has 1 heterocycles. The van der Waals surface area contributed by atoms with Crippen LogP contribution in [-0.2, 0) is 19.6 Å². The van der Waals surface area contributed by atoms with E-state index in [4.69, 9.17) is 10.5 Å². The average molecular weight is 343 g/mol. The van der Waals surface area contributed by atoms with Crippen molar-refractivity contribution in [3.63, 3.8) is 0 Å². The summed E-state index contributed by atoms with van der Waals surface area (Å²) in [5.41, 5.74) is 4.85. The SMILES string of the molecule is NC(=O)COCCNS(=O)(=O)c1ccc(Br)s1. The first-order chi connectivity index (χ1) is 7.92. The molecular weight excluding hydrogens is 332 g/mol. The second kappa shape index (κ2) is 6.45. The van der Waals surface area contributed by atoms with Crippen LogP contribution in [0.2, 0.25) is 0 Å². The summed E-state index contributed by atoms with van der Waals surface area (Å²) in [5.74, 6) is -0.588. The Morgan fingerprint density at radius 2 is 2.24 bits per heavy atom. The zero-order chi connectivity index (χ0) is 12.9. The normalized spacial score (nSPS) is 11.6. The molecule has 0 aromatic carbocycles. The first-order valence-corrected chi connectivity index (χ1v) is 7.62. The molecule has 0 fully saturated rings. The third-order valence-corrected chi connectivity index (χ3v) is 5.17. The van der Waals surface area contributed by atoms with Crippen LogP contribution in [0.5, 0.6) is 0 Å². The topological polar surface area (TPSA) is 98.5 Å². The number of thiophene rings is 1. The number of hydrogen-bond acceptors (Lipinski definition) is 5. The molecule has 0 unspecified atom stereocenters. The highest BCUT2D eigenvalue weighted by atomic mass is 79.9. The van der Waals surface area contributed by atoms with Gasteiger partial charge >= 0.3 is 0 Å². The minimum absolute atomic E-state index is 0.0884. The smallest absolute Gasteiger partial charge is 0.250 e. The molecule has 0 saturated heterocycles. The van der Waals surface area contributed by atoms with E-state index in [0.717, 1.165) is 15.1 Å². The van der Waals surface area contributed by atoms with Crippen molar-refractivity contribution < 1.29 is 17.9 Å². The fraction of sp³-hybridized carbons (Fsp3) is 0.375. The zero-order valence-electron chi connectivity index (χ0n) is 8.68. The van der Waals surface area contributed by atoms with Gasteiger partial charge in [0, 0.05) is 6.54 Å². The molecule has 6 nitrogen and oxygen atoms in total. The van der Waals surface area contributed by atoms with Crippen LogP contribution in [0, 0.1) is 0 Å². The number of rotatable bonds is 7. The van der Waals surface area contributed by atoms with Crippen LogP contribution in [0.15, 0.2) is 20.1 Å². The Morgan fingerprint density at radius 1 is 1.53 bits per heavy atom. The number of nitrogens with one attached hydrogen (secondary N) is 1. The lowest BCUT2D eigenvalue weighted by atomic mass is 10.6. The van der Waals surface area contributed by atoms with Gasteiger partial charge in [0.2, 0.25) is 15.9 Å². The van der Waals surface area contributed by atoms with E-state index in [9.17, 15) is 13.2 Å². The van der Waals surface area contributed by atoms with Gasteiger partial charge in [0.05, 0.1) is 10.4 Å². The lowest BCUT2D eigenvalue weighted by molar-refractivity contribution is -0.122. The average Bonchev–Trinajstić information content (AvgIpc) is 2.64. The third kappa shape index (κ3) is 5.13. The fourth-order valence-corrected chi connectivity index (χ4v) is 4.00. The van der Waals surface area contributed by atoms with Crippen LogP contribution in [0.4, 0.5) is 0 Å². The number of sulfonamides is 1. The highest BCUT2D eigenvalue weighted by Gasteiger charge is 2.15. The van der Waals surface area contributed by atoms with Gasteiger partial charge in [-0.05, 0) is 28.1 Å². The van der Waals surface area contributed by atoms with E-state index >= 15 is 0 Å². The molecule has 0 aliphatic rings. The molecule has 1 rings (SSSR count). The minimum atomic E-state index is -3.50. The van der Waals surface area contributed by atoms with Crippen molar-refractivity contribution in [3.05, 3.63) is 15.9 Å². The van der Waals surface area contributed by atoms with Gasteiger partial charge in [-0.1, -0.05) is 0 Å². The van der Waals surface area contributed by atoms with Crippen LogP contribution in [0.25, 0.3) is 0 Å². The largest absolute Gasteiger partial charge is 0.370 e. The Morgan fingerprint density at radius 3 is 2.76 bits per heavy atom. The van der Waals surface area contributed by atoms with E-state index in [1.54, 1.807) is 6.07 Å². The summed E-state index contributed by atoms with van der Waals surface area (Å²) < 4.78 is 31.5. The van der Waals surface area contributed by atoms with E-state index in [1.807, 2.05) is 0 Å². The molecule has 1 aromatic rings.